The molecule has 1 N–H and O–H groups in total. The van der Waals surface area contributed by atoms with Gasteiger partial charge in [-0.2, -0.15) is 4.98 Å². The fraction of sp³-hybridized carbons (Fsp3) is 0.263. The van der Waals surface area contributed by atoms with E-state index in [1.54, 1.807) is 37.4 Å². The van der Waals surface area contributed by atoms with E-state index >= 15 is 0 Å². The standard InChI is InChI=1S/C19H21N3O5S/c1-13-4-6-14(7-5-13)12-28(23,24)20-11-18-21-19(22-27-18)15-8-9-16(25-2)17(10-15)26-3/h4-10,20H,11-12H2,1-3H3. The molecule has 0 saturated heterocycles. The summed E-state index contributed by atoms with van der Waals surface area (Å²) < 4.78 is 42.6. The SMILES string of the molecule is COc1ccc(-c2noc(CNS(=O)(=O)Cc3ccc(C)cc3)n2)cc1OC. The van der Waals surface area contributed by atoms with Crippen molar-refractivity contribution in [2.24, 2.45) is 0 Å². The molecule has 0 saturated carbocycles. The van der Waals surface area contributed by atoms with E-state index in [2.05, 4.69) is 14.9 Å². The Morgan fingerprint density at radius 3 is 2.43 bits per heavy atom. The monoisotopic (exact) mass is 403 g/mol. The first kappa shape index (κ1) is 19.8. The van der Waals surface area contributed by atoms with E-state index in [1.165, 1.54) is 7.11 Å². The number of hydrogen-bond acceptors (Lipinski definition) is 7. The number of rotatable bonds is 8. The maximum atomic E-state index is 12.3. The van der Waals surface area contributed by atoms with E-state index in [0.717, 1.165) is 5.56 Å². The molecule has 0 radical (unpaired) electrons. The summed E-state index contributed by atoms with van der Waals surface area (Å²) in [4.78, 5) is 4.23. The first-order chi connectivity index (χ1) is 13.4. The summed E-state index contributed by atoms with van der Waals surface area (Å²) in [5.41, 5.74) is 2.44. The van der Waals surface area contributed by atoms with Gasteiger partial charge in [-0.3, -0.25) is 0 Å². The number of hydrogen-bond donors (Lipinski definition) is 1. The number of aryl methyl sites for hydroxylation is 1. The second-order valence-electron chi connectivity index (χ2n) is 6.15. The maximum Gasteiger partial charge on any atom is 0.242 e. The Kier molecular flexibility index (Phi) is 5.96. The fourth-order valence-electron chi connectivity index (χ4n) is 2.55. The minimum atomic E-state index is -3.54. The van der Waals surface area contributed by atoms with Crippen molar-refractivity contribution in [1.82, 2.24) is 14.9 Å². The van der Waals surface area contributed by atoms with Crippen molar-refractivity contribution >= 4 is 10.0 Å². The summed E-state index contributed by atoms with van der Waals surface area (Å²) in [6.07, 6.45) is 0. The van der Waals surface area contributed by atoms with Crippen molar-refractivity contribution in [2.75, 3.05) is 14.2 Å². The molecule has 0 aliphatic rings. The molecule has 3 rings (SSSR count). The van der Waals surface area contributed by atoms with Crippen molar-refractivity contribution in [3.8, 4) is 22.9 Å². The average Bonchev–Trinajstić information content (AvgIpc) is 3.17. The lowest BCUT2D eigenvalue weighted by atomic mass is 10.2. The first-order valence-electron chi connectivity index (χ1n) is 8.48. The quantitative estimate of drug-likeness (QED) is 0.617. The van der Waals surface area contributed by atoms with Gasteiger partial charge in [-0.15, -0.1) is 0 Å². The molecule has 3 aromatic rings. The normalized spacial score (nSPS) is 11.4. The van der Waals surface area contributed by atoms with Crippen LogP contribution in [0, 0.1) is 6.92 Å². The fourth-order valence-corrected chi connectivity index (χ4v) is 3.62. The van der Waals surface area contributed by atoms with Crippen molar-refractivity contribution in [1.29, 1.82) is 0 Å². The molecule has 1 heterocycles. The third-order valence-electron chi connectivity index (χ3n) is 4.03. The molecule has 9 heteroatoms. The van der Waals surface area contributed by atoms with E-state index in [9.17, 15) is 8.42 Å². The Morgan fingerprint density at radius 1 is 1.04 bits per heavy atom. The molecule has 28 heavy (non-hydrogen) atoms. The van der Waals surface area contributed by atoms with Crippen molar-refractivity contribution in [2.45, 2.75) is 19.2 Å². The van der Waals surface area contributed by atoms with Crippen molar-refractivity contribution < 1.29 is 22.4 Å². The Balaban J connectivity index is 1.66. The third kappa shape index (κ3) is 4.87. The number of sulfonamides is 1. The van der Waals surface area contributed by atoms with Crippen LogP contribution in [0.15, 0.2) is 47.0 Å². The molecule has 1 aromatic heterocycles. The van der Waals surface area contributed by atoms with Crippen LogP contribution in [0.3, 0.4) is 0 Å². The van der Waals surface area contributed by atoms with Gasteiger partial charge in [0.25, 0.3) is 0 Å². The van der Waals surface area contributed by atoms with E-state index in [-0.39, 0.29) is 18.2 Å². The van der Waals surface area contributed by atoms with Gasteiger partial charge in [0, 0.05) is 5.56 Å². The highest BCUT2D eigenvalue weighted by Crippen LogP contribution is 2.31. The lowest BCUT2D eigenvalue weighted by molar-refractivity contribution is 0.355. The molecule has 0 amide bonds. The van der Waals surface area contributed by atoms with Crippen molar-refractivity contribution in [3.05, 3.63) is 59.5 Å². The van der Waals surface area contributed by atoms with Crippen LogP contribution in [0.1, 0.15) is 17.0 Å². The zero-order chi connectivity index (χ0) is 20.1. The van der Waals surface area contributed by atoms with Gasteiger partial charge in [0.15, 0.2) is 11.5 Å². The molecule has 0 fully saturated rings. The summed E-state index contributed by atoms with van der Waals surface area (Å²) in [6.45, 7) is 1.86. The summed E-state index contributed by atoms with van der Waals surface area (Å²) in [7, 11) is -0.453. The van der Waals surface area contributed by atoms with Gasteiger partial charge < -0.3 is 14.0 Å². The lowest BCUT2D eigenvalue weighted by Crippen LogP contribution is -2.24. The molecular formula is C19H21N3O5S. The molecule has 0 bridgehead atoms. The van der Waals surface area contributed by atoms with Crippen LogP contribution in [-0.4, -0.2) is 32.8 Å². The van der Waals surface area contributed by atoms with Gasteiger partial charge in [0.2, 0.25) is 21.7 Å². The van der Waals surface area contributed by atoms with E-state index in [1.807, 2.05) is 19.1 Å². The maximum absolute atomic E-state index is 12.3. The second-order valence-corrected chi connectivity index (χ2v) is 7.95. The van der Waals surface area contributed by atoms with Crippen LogP contribution in [0.2, 0.25) is 0 Å². The lowest BCUT2D eigenvalue weighted by Gasteiger charge is -2.07. The van der Waals surface area contributed by atoms with Crippen LogP contribution >= 0.6 is 0 Å². The molecule has 0 aliphatic carbocycles. The zero-order valence-corrected chi connectivity index (χ0v) is 16.6. The van der Waals surface area contributed by atoms with Crippen molar-refractivity contribution in [3.63, 3.8) is 0 Å². The van der Waals surface area contributed by atoms with Gasteiger partial charge in [0.1, 0.15) is 0 Å². The highest BCUT2D eigenvalue weighted by Gasteiger charge is 2.16. The Hall–Kier alpha value is -2.91. The molecule has 0 unspecified atom stereocenters. The third-order valence-corrected chi connectivity index (χ3v) is 5.33. The number of aromatic nitrogens is 2. The predicted molar refractivity (Wildman–Crippen MR) is 103 cm³/mol. The first-order valence-corrected chi connectivity index (χ1v) is 10.1. The van der Waals surface area contributed by atoms with E-state index < -0.39 is 10.0 Å². The minimum Gasteiger partial charge on any atom is -0.493 e. The second kappa shape index (κ2) is 8.41. The highest BCUT2D eigenvalue weighted by molar-refractivity contribution is 7.88. The van der Waals surface area contributed by atoms with Crippen LogP contribution in [0.5, 0.6) is 11.5 Å². The summed E-state index contributed by atoms with van der Waals surface area (Å²) >= 11 is 0. The number of benzene rings is 2. The van der Waals surface area contributed by atoms with E-state index in [0.29, 0.717) is 28.5 Å². The topological polar surface area (TPSA) is 104 Å². The van der Waals surface area contributed by atoms with Gasteiger partial charge in [-0.05, 0) is 30.7 Å². The molecule has 0 atom stereocenters. The summed E-state index contributed by atoms with van der Waals surface area (Å²) in [6, 6.07) is 12.5. The highest BCUT2D eigenvalue weighted by atomic mass is 32.2. The Bertz CT molecular complexity index is 1050. The average molecular weight is 403 g/mol. The van der Waals surface area contributed by atoms with Gasteiger partial charge >= 0.3 is 0 Å². The smallest absolute Gasteiger partial charge is 0.242 e. The number of ether oxygens (including phenoxy) is 2. The van der Waals surface area contributed by atoms with Crippen LogP contribution in [0.4, 0.5) is 0 Å². The summed E-state index contributed by atoms with van der Waals surface area (Å²) in [5, 5.41) is 3.89. The molecule has 2 aromatic carbocycles. The summed E-state index contributed by atoms with van der Waals surface area (Å²) in [5.74, 6) is 1.49. The molecule has 8 nitrogen and oxygen atoms in total. The van der Waals surface area contributed by atoms with Crippen LogP contribution < -0.4 is 14.2 Å². The van der Waals surface area contributed by atoms with Crippen LogP contribution in [-0.2, 0) is 22.3 Å². The number of nitrogens with zero attached hydrogens (tertiary/aromatic N) is 2. The number of nitrogens with one attached hydrogen (secondary N) is 1. The van der Waals surface area contributed by atoms with E-state index in [4.69, 9.17) is 14.0 Å². The van der Waals surface area contributed by atoms with Gasteiger partial charge in [-0.25, -0.2) is 13.1 Å². The molecule has 148 valence electrons. The molecule has 0 aliphatic heterocycles. The molecular weight excluding hydrogens is 382 g/mol. The zero-order valence-electron chi connectivity index (χ0n) is 15.8. The minimum absolute atomic E-state index is 0.0888. The largest absolute Gasteiger partial charge is 0.493 e. The van der Waals surface area contributed by atoms with Crippen LogP contribution in [0.25, 0.3) is 11.4 Å². The Morgan fingerprint density at radius 2 is 1.75 bits per heavy atom. The van der Waals surface area contributed by atoms with Gasteiger partial charge in [-0.1, -0.05) is 35.0 Å². The molecule has 0 spiro atoms. The Labute approximate surface area is 163 Å². The van der Waals surface area contributed by atoms with Gasteiger partial charge in [0.05, 0.1) is 26.5 Å². The number of methoxy groups -OCH3 is 2. The predicted octanol–water partition coefficient (Wildman–Crippen LogP) is 2.68.